The first-order valence-corrected chi connectivity index (χ1v) is 6.79. The van der Waals surface area contributed by atoms with E-state index < -0.39 is 5.60 Å². The van der Waals surface area contributed by atoms with E-state index in [9.17, 15) is 9.50 Å². The topological polar surface area (TPSA) is 32.3 Å². The lowest BCUT2D eigenvalue weighted by atomic mass is 9.95. The van der Waals surface area contributed by atoms with E-state index in [0.717, 1.165) is 5.56 Å². The van der Waals surface area contributed by atoms with E-state index >= 15 is 0 Å². The van der Waals surface area contributed by atoms with E-state index in [2.05, 4.69) is 21.2 Å². The van der Waals surface area contributed by atoms with Crippen LogP contribution >= 0.6 is 15.9 Å². The Bertz CT molecular complexity index is 392. The van der Waals surface area contributed by atoms with E-state index in [1.807, 2.05) is 26.8 Å². The van der Waals surface area contributed by atoms with Gasteiger partial charge in [0.1, 0.15) is 5.82 Å². The highest BCUT2D eigenvalue weighted by Gasteiger charge is 2.23. The van der Waals surface area contributed by atoms with E-state index in [-0.39, 0.29) is 11.4 Å². The average molecular weight is 318 g/mol. The van der Waals surface area contributed by atoms with E-state index in [1.165, 1.54) is 12.1 Å². The van der Waals surface area contributed by atoms with Gasteiger partial charge in [0, 0.05) is 23.0 Å². The number of hydrogen-bond donors (Lipinski definition) is 2. The van der Waals surface area contributed by atoms with Gasteiger partial charge in [0.05, 0.1) is 5.60 Å². The summed E-state index contributed by atoms with van der Waals surface area (Å²) in [6.07, 6.45) is 0.409. The third-order valence-corrected chi connectivity index (χ3v) is 2.96. The number of nitrogens with one attached hydrogen (secondary N) is 1. The molecule has 0 saturated carbocycles. The molecule has 0 saturated heterocycles. The molecule has 0 aliphatic heterocycles. The van der Waals surface area contributed by atoms with Gasteiger partial charge in [-0.15, -0.1) is 0 Å². The molecule has 0 amide bonds. The van der Waals surface area contributed by atoms with Crippen molar-refractivity contribution < 1.29 is 9.50 Å². The van der Waals surface area contributed by atoms with Crippen molar-refractivity contribution in [2.45, 2.75) is 45.3 Å². The van der Waals surface area contributed by atoms with Gasteiger partial charge in [0.15, 0.2) is 0 Å². The molecule has 0 aliphatic carbocycles. The molecule has 0 bridgehead atoms. The number of halogens is 2. The summed E-state index contributed by atoms with van der Waals surface area (Å²) in [6.45, 7) is 8.35. The summed E-state index contributed by atoms with van der Waals surface area (Å²) in [4.78, 5) is 0. The van der Waals surface area contributed by atoms with Crippen LogP contribution in [0.25, 0.3) is 0 Å². The maximum Gasteiger partial charge on any atom is 0.124 e. The Balaban J connectivity index is 2.69. The Labute approximate surface area is 117 Å². The average Bonchev–Trinajstić information content (AvgIpc) is 2.11. The van der Waals surface area contributed by atoms with Gasteiger partial charge in [-0.2, -0.15) is 0 Å². The molecule has 2 N–H and O–H groups in total. The lowest BCUT2D eigenvalue weighted by molar-refractivity contribution is 0.0534. The van der Waals surface area contributed by atoms with Gasteiger partial charge in [0.25, 0.3) is 0 Å². The quantitative estimate of drug-likeness (QED) is 0.893. The minimum Gasteiger partial charge on any atom is -0.389 e. The van der Waals surface area contributed by atoms with Gasteiger partial charge >= 0.3 is 0 Å². The maximum atomic E-state index is 13.3. The molecule has 1 aromatic rings. The molecule has 1 aromatic carbocycles. The molecule has 1 atom stereocenters. The zero-order valence-corrected chi connectivity index (χ0v) is 12.9. The van der Waals surface area contributed by atoms with E-state index in [4.69, 9.17) is 0 Å². The fraction of sp³-hybridized carbons (Fsp3) is 0.571. The summed E-state index contributed by atoms with van der Waals surface area (Å²) in [6, 6.07) is 4.69. The minimum absolute atomic E-state index is 0.0491. The number of β-amino-alcohol motifs (C(OH)–C–C–N with tert-alkyl or cyclic N) is 1. The van der Waals surface area contributed by atoms with Crippen LogP contribution in [0.1, 0.15) is 33.3 Å². The summed E-state index contributed by atoms with van der Waals surface area (Å²) in [5, 5.41) is 13.6. The number of hydrogen-bond acceptors (Lipinski definition) is 2. The summed E-state index contributed by atoms with van der Waals surface area (Å²) in [7, 11) is 0. The molecule has 0 heterocycles. The highest BCUT2D eigenvalue weighted by atomic mass is 79.9. The molecule has 0 aromatic heterocycles. The first-order chi connectivity index (χ1) is 8.07. The molecule has 18 heavy (non-hydrogen) atoms. The molecule has 0 aliphatic rings. The van der Waals surface area contributed by atoms with E-state index in [0.29, 0.717) is 17.4 Å². The van der Waals surface area contributed by atoms with Gasteiger partial charge < -0.3 is 10.4 Å². The normalized spacial score (nSPS) is 15.5. The minimum atomic E-state index is -0.902. The third kappa shape index (κ3) is 5.94. The highest BCUT2D eigenvalue weighted by molar-refractivity contribution is 9.10. The first-order valence-electron chi connectivity index (χ1n) is 6.00. The summed E-state index contributed by atoms with van der Waals surface area (Å²) in [5.41, 5.74) is -0.171. The second-order valence-electron chi connectivity index (χ2n) is 6.05. The van der Waals surface area contributed by atoms with Crippen molar-refractivity contribution in [1.82, 2.24) is 5.32 Å². The van der Waals surface area contributed by atoms with Gasteiger partial charge in [0.2, 0.25) is 0 Å². The van der Waals surface area contributed by atoms with Gasteiger partial charge in [-0.1, -0.05) is 15.9 Å². The Morgan fingerprint density at radius 3 is 2.33 bits per heavy atom. The number of rotatable bonds is 4. The predicted molar refractivity (Wildman–Crippen MR) is 76.2 cm³/mol. The lowest BCUT2D eigenvalue weighted by Crippen LogP contribution is -2.47. The summed E-state index contributed by atoms with van der Waals surface area (Å²) in [5.74, 6) is -0.293. The lowest BCUT2D eigenvalue weighted by Gasteiger charge is -2.29. The van der Waals surface area contributed by atoms with Crippen LogP contribution in [-0.4, -0.2) is 22.8 Å². The second-order valence-corrected chi connectivity index (χ2v) is 6.97. The number of aliphatic hydroxyl groups is 1. The van der Waals surface area contributed by atoms with Crippen LogP contribution in [0.3, 0.4) is 0 Å². The first kappa shape index (κ1) is 15.6. The molecule has 2 nitrogen and oxygen atoms in total. The predicted octanol–water partition coefficient (Wildman–Crippen LogP) is 3.27. The Morgan fingerprint density at radius 1 is 1.22 bits per heavy atom. The smallest absolute Gasteiger partial charge is 0.124 e. The zero-order chi connectivity index (χ0) is 14.0. The van der Waals surface area contributed by atoms with Gasteiger partial charge in [-0.25, -0.2) is 4.39 Å². The van der Waals surface area contributed by atoms with Crippen LogP contribution in [-0.2, 0) is 6.42 Å². The van der Waals surface area contributed by atoms with Crippen LogP contribution in [0.5, 0.6) is 0 Å². The SMILES string of the molecule is CC(O)(CNC(C)(C)C)Cc1cc(F)cc(Br)c1. The molecule has 4 heteroatoms. The van der Waals surface area contributed by atoms with Crippen LogP contribution in [0, 0.1) is 5.82 Å². The molecule has 0 radical (unpaired) electrons. The Hall–Kier alpha value is -0.450. The van der Waals surface area contributed by atoms with Gasteiger partial charge in [-0.3, -0.25) is 0 Å². The van der Waals surface area contributed by atoms with Crippen molar-refractivity contribution in [1.29, 1.82) is 0 Å². The van der Waals surface area contributed by atoms with Crippen LogP contribution in [0.4, 0.5) is 4.39 Å². The van der Waals surface area contributed by atoms with Crippen molar-refractivity contribution in [2.24, 2.45) is 0 Å². The number of benzene rings is 1. The second kappa shape index (κ2) is 5.68. The van der Waals surface area contributed by atoms with Crippen molar-refractivity contribution in [3.05, 3.63) is 34.1 Å². The van der Waals surface area contributed by atoms with Crippen molar-refractivity contribution in [2.75, 3.05) is 6.54 Å². The van der Waals surface area contributed by atoms with Crippen LogP contribution in [0.15, 0.2) is 22.7 Å². The molecule has 0 fully saturated rings. The monoisotopic (exact) mass is 317 g/mol. The largest absolute Gasteiger partial charge is 0.389 e. The molecule has 102 valence electrons. The Morgan fingerprint density at radius 2 is 1.83 bits per heavy atom. The van der Waals surface area contributed by atoms with Gasteiger partial charge in [-0.05, 0) is 51.5 Å². The molecular weight excluding hydrogens is 297 g/mol. The van der Waals surface area contributed by atoms with Crippen molar-refractivity contribution >= 4 is 15.9 Å². The molecule has 1 unspecified atom stereocenters. The highest BCUT2D eigenvalue weighted by Crippen LogP contribution is 2.19. The third-order valence-electron chi connectivity index (χ3n) is 2.51. The fourth-order valence-corrected chi connectivity index (χ4v) is 2.18. The Kier molecular flexibility index (Phi) is 4.92. The zero-order valence-electron chi connectivity index (χ0n) is 11.3. The standard InChI is InChI=1S/C14H21BrFNO/c1-13(2,3)17-9-14(4,18)8-10-5-11(15)7-12(16)6-10/h5-7,17-18H,8-9H2,1-4H3. The van der Waals surface area contributed by atoms with Crippen LogP contribution < -0.4 is 5.32 Å². The molecular formula is C14H21BrFNO. The maximum absolute atomic E-state index is 13.3. The molecule has 1 rings (SSSR count). The van der Waals surface area contributed by atoms with E-state index in [1.54, 1.807) is 6.92 Å². The summed E-state index contributed by atoms with van der Waals surface area (Å²) < 4.78 is 13.9. The van der Waals surface area contributed by atoms with Crippen molar-refractivity contribution in [3.63, 3.8) is 0 Å². The fourth-order valence-electron chi connectivity index (χ4n) is 1.67. The molecule has 0 spiro atoms. The van der Waals surface area contributed by atoms with Crippen LogP contribution in [0.2, 0.25) is 0 Å². The summed E-state index contributed by atoms with van der Waals surface area (Å²) >= 11 is 3.25. The van der Waals surface area contributed by atoms with Crippen molar-refractivity contribution in [3.8, 4) is 0 Å².